The molecule has 3 amide bonds. The highest BCUT2D eigenvalue weighted by Gasteiger charge is 2.39. The van der Waals surface area contributed by atoms with Crippen LogP contribution in [0.5, 0.6) is 0 Å². The zero-order valence-corrected chi connectivity index (χ0v) is 27.1. The van der Waals surface area contributed by atoms with Crippen molar-refractivity contribution < 1.29 is 32.7 Å². The molecule has 0 radical (unpaired) electrons. The minimum absolute atomic E-state index is 0.00607. The highest BCUT2D eigenvalue weighted by molar-refractivity contribution is 6.34. The number of benzene rings is 1. The van der Waals surface area contributed by atoms with Crippen LogP contribution >= 0.6 is 11.6 Å². The number of anilines is 2. The summed E-state index contributed by atoms with van der Waals surface area (Å²) in [5.41, 5.74) is -0.378. The molecule has 1 aromatic carbocycles. The first kappa shape index (κ1) is 33.9. The van der Waals surface area contributed by atoms with E-state index in [1.54, 1.807) is 22.9 Å². The summed E-state index contributed by atoms with van der Waals surface area (Å²) in [6.07, 6.45) is -1.23. The van der Waals surface area contributed by atoms with Crippen molar-refractivity contribution in [3.8, 4) is 17.1 Å². The van der Waals surface area contributed by atoms with Crippen molar-refractivity contribution in [1.82, 2.24) is 39.4 Å². The molecule has 3 aromatic heterocycles. The number of rotatable bonds is 7. The molecule has 2 aliphatic heterocycles. The second-order valence-corrected chi connectivity index (χ2v) is 12.0. The van der Waals surface area contributed by atoms with E-state index in [0.29, 0.717) is 44.8 Å². The summed E-state index contributed by atoms with van der Waals surface area (Å²) in [6.45, 7) is 1.63. The van der Waals surface area contributed by atoms with Crippen LogP contribution in [0.25, 0.3) is 17.1 Å². The number of aliphatic hydroxyl groups excluding tert-OH is 1. The van der Waals surface area contributed by atoms with Gasteiger partial charge in [-0.1, -0.05) is 11.6 Å². The van der Waals surface area contributed by atoms with Crippen LogP contribution in [0.3, 0.4) is 0 Å². The second kappa shape index (κ2) is 13.5. The molecule has 2 fully saturated rings. The zero-order chi connectivity index (χ0) is 35.0. The van der Waals surface area contributed by atoms with Crippen LogP contribution in [0.15, 0.2) is 48.9 Å². The van der Waals surface area contributed by atoms with Gasteiger partial charge in [0.1, 0.15) is 0 Å². The van der Waals surface area contributed by atoms with Gasteiger partial charge in [0.25, 0.3) is 11.8 Å². The van der Waals surface area contributed by atoms with E-state index in [9.17, 15) is 32.7 Å². The highest BCUT2D eigenvalue weighted by Crippen LogP contribution is 2.37. The molecule has 5 heterocycles. The molecule has 258 valence electrons. The molecule has 18 heteroatoms. The number of amides is 3. The van der Waals surface area contributed by atoms with Crippen molar-refractivity contribution in [3.63, 3.8) is 0 Å². The number of alkyl halides is 3. The van der Waals surface area contributed by atoms with Gasteiger partial charge >= 0.3 is 6.18 Å². The summed E-state index contributed by atoms with van der Waals surface area (Å²) < 4.78 is 44.4. The maximum Gasteiger partial charge on any atom is 0.435 e. The maximum atomic E-state index is 14.1. The molecule has 0 bridgehead atoms. The molecule has 2 aliphatic rings. The van der Waals surface area contributed by atoms with Gasteiger partial charge in [-0.2, -0.15) is 18.3 Å². The third-order valence-electron chi connectivity index (χ3n) is 8.46. The molecule has 6 rings (SSSR count). The molecular weight excluding hydrogens is 669 g/mol. The fourth-order valence-electron chi connectivity index (χ4n) is 5.81. The average molecular weight is 701 g/mol. The standard InChI is InChI=1S/C31H32ClF3N10O4/c1-36-18-4-6-25(38-13-18)45-16-21(26(41-45)31(33,34)35)24-15-39-27(42(24)2)28(47)40-17-3-5-20(22(32)11-17)29(48)43-7-9-44(10-8-43)30(49)23-12-19(46)14-37-23/h3-6,11,13,15-16,19,23,36-37,46H,7-10,12,14H2,1-2H3,(H,40,47)/t19-,23+/m1/s1. The van der Waals surface area contributed by atoms with Gasteiger partial charge in [0.05, 0.1) is 52.1 Å². The van der Waals surface area contributed by atoms with Crippen molar-refractivity contribution in [2.75, 3.05) is 50.4 Å². The molecule has 0 saturated carbocycles. The first-order valence-corrected chi connectivity index (χ1v) is 15.7. The fraction of sp³-hybridized carbons (Fsp3) is 0.355. The molecule has 4 N–H and O–H groups in total. The lowest BCUT2D eigenvalue weighted by Crippen LogP contribution is -2.54. The number of halogens is 4. The van der Waals surface area contributed by atoms with Crippen molar-refractivity contribution in [1.29, 1.82) is 0 Å². The van der Waals surface area contributed by atoms with E-state index in [2.05, 4.69) is 31.0 Å². The lowest BCUT2D eigenvalue weighted by atomic mass is 10.1. The Morgan fingerprint density at radius 3 is 2.35 bits per heavy atom. The number of hydrogen-bond donors (Lipinski definition) is 4. The summed E-state index contributed by atoms with van der Waals surface area (Å²) in [5.74, 6) is -1.19. The van der Waals surface area contributed by atoms with Crippen LogP contribution in [0.1, 0.15) is 33.1 Å². The predicted molar refractivity (Wildman–Crippen MR) is 172 cm³/mol. The quantitative estimate of drug-likeness (QED) is 0.227. The summed E-state index contributed by atoms with van der Waals surface area (Å²) in [6, 6.07) is 7.06. The molecule has 0 aliphatic carbocycles. The smallest absolute Gasteiger partial charge is 0.392 e. The third-order valence-corrected chi connectivity index (χ3v) is 8.78. The van der Waals surface area contributed by atoms with Gasteiger partial charge in [-0.05, 0) is 36.8 Å². The topological polar surface area (TPSA) is 163 Å². The van der Waals surface area contributed by atoms with Crippen LogP contribution < -0.4 is 16.0 Å². The van der Waals surface area contributed by atoms with Crippen LogP contribution in [-0.4, -0.2) is 109 Å². The molecule has 0 unspecified atom stereocenters. The normalized spacial score (nSPS) is 18.1. The lowest BCUT2D eigenvalue weighted by molar-refractivity contribution is -0.141. The van der Waals surface area contributed by atoms with Gasteiger partial charge in [0.15, 0.2) is 17.3 Å². The predicted octanol–water partition coefficient (Wildman–Crippen LogP) is 2.64. The molecule has 49 heavy (non-hydrogen) atoms. The number of hydrogen-bond acceptors (Lipinski definition) is 9. The Morgan fingerprint density at radius 2 is 1.73 bits per heavy atom. The van der Waals surface area contributed by atoms with Crippen molar-refractivity contribution in [3.05, 3.63) is 71.0 Å². The number of aliphatic hydroxyl groups is 1. The van der Waals surface area contributed by atoms with Gasteiger partial charge in [-0.25, -0.2) is 14.6 Å². The number of imidazole rings is 1. The van der Waals surface area contributed by atoms with Crippen molar-refractivity contribution >= 4 is 40.7 Å². The minimum atomic E-state index is -4.81. The summed E-state index contributed by atoms with van der Waals surface area (Å²) in [7, 11) is 3.09. The van der Waals surface area contributed by atoms with Crippen molar-refractivity contribution in [2.45, 2.75) is 24.7 Å². The van der Waals surface area contributed by atoms with Gasteiger partial charge in [0, 0.05) is 58.7 Å². The van der Waals surface area contributed by atoms with Gasteiger partial charge < -0.3 is 35.4 Å². The Labute approximate surface area is 282 Å². The highest BCUT2D eigenvalue weighted by atomic mass is 35.5. The average Bonchev–Trinajstić information content (AvgIpc) is 3.82. The maximum absolute atomic E-state index is 14.1. The summed E-state index contributed by atoms with van der Waals surface area (Å²) in [4.78, 5) is 50.7. The fourth-order valence-corrected chi connectivity index (χ4v) is 6.07. The van der Waals surface area contributed by atoms with E-state index >= 15 is 0 Å². The van der Waals surface area contributed by atoms with E-state index in [1.165, 1.54) is 48.3 Å². The lowest BCUT2D eigenvalue weighted by Gasteiger charge is -2.36. The van der Waals surface area contributed by atoms with E-state index in [4.69, 9.17) is 11.6 Å². The molecule has 0 spiro atoms. The molecular formula is C31H32ClF3N10O4. The number of piperazine rings is 1. The largest absolute Gasteiger partial charge is 0.435 e. The van der Waals surface area contributed by atoms with Crippen LogP contribution in [0, 0.1) is 0 Å². The Bertz CT molecular complexity index is 1890. The number of pyridine rings is 1. The van der Waals surface area contributed by atoms with Crippen LogP contribution in [-0.2, 0) is 18.0 Å². The Morgan fingerprint density at radius 1 is 1.02 bits per heavy atom. The number of carbonyl (C=O) groups excluding carboxylic acids is 3. The number of β-amino-alcohol motifs (C(OH)–C–C–N with tert-alkyl or cyclic N) is 1. The first-order valence-electron chi connectivity index (χ1n) is 15.3. The van der Waals surface area contributed by atoms with Crippen molar-refractivity contribution in [2.24, 2.45) is 7.05 Å². The number of nitrogens with one attached hydrogen (secondary N) is 3. The van der Waals surface area contributed by atoms with E-state index in [-0.39, 0.29) is 51.0 Å². The SMILES string of the molecule is CNc1ccc(-n2cc(-c3cnc(C(=O)Nc4ccc(C(=O)N5CCN(C(=O)[C@@H]6C[C@@H](O)CN6)CC5)c(Cl)c4)n3C)c(C(F)(F)F)n2)nc1. The Kier molecular flexibility index (Phi) is 9.32. The minimum Gasteiger partial charge on any atom is -0.392 e. The van der Waals surface area contributed by atoms with Crippen LogP contribution in [0.4, 0.5) is 24.5 Å². The summed E-state index contributed by atoms with van der Waals surface area (Å²) >= 11 is 6.46. The van der Waals surface area contributed by atoms with Crippen LogP contribution in [0.2, 0.25) is 5.02 Å². The first-order chi connectivity index (χ1) is 23.3. The van der Waals surface area contributed by atoms with E-state index < -0.39 is 29.9 Å². The molecule has 4 aromatic rings. The van der Waals surface area contributed by atoms with Gasteiger partial charge in [-0.15, -0.1) is 0 Å². The Hall–Kier alpha value is -5.00. The van der Waals surface area contributed by atoms with Gasteiger partial charge in [0.2, 0.25) is 5.91 Å². The molecule has 2 saturated heterocycles. The molecule has 14 nitrogen and oxygen atoms in total. The Balaban J connectivity index is 1.13. The summed E-state index contributed by atoms with van der Waals surface area (Å²) in [5, 5.41) is 22.0. The zero-order valence-electron chi connectivity index (χ0n) is 26.3. The number of aromatic nitrogens is 5. The number of carbonyl (C=O) groups is 3. The number of nitrogens with zero attached hydrogens (tertiary/aromatic N) is 7. The van der Waals surface area contributed by atoms with E-state index in [0.717, 1.165) is 10.9 Å². The monoisotopic (exact) mass is 700 g/mol. The van der Waals surface area contributed by atoms with E-state index in [1.807, 2.05) is 0 Å². The van der Waals surface area contributed by atoms with Gasteiger partial charge in [-0.3, -0.25) is 14.4 Å². The third kappa shape index (κ3) is 6.95. The second-order valence-electron chi connectivity index (χ2n) is 11.6. The molecule has 2 atom stereocenters.